The van der Waals surface area contributed by atoms with E-state index in [-0.39, 0.29) is 202 Å². The van der Waals surface area contributed by atoms with Crippen molar-refractivity contribution in [1.82, 2.24) is 0 Å². The van der Waals surface area contributed by atoms with E-state index in [1.54, 1.807) is 283 Å². The average molecular weight is 2020 g/mol. The van der Waals surface area contributed by atoms with Gasteiger partial charge < -0.3 is 0 Å². The Morgan fingerprint density at radius 2 is 0.382 bits per heavy atom. The number of rotatable bonds is 0. The number of hydrogen-bond donors (Lipinski definition) is 0. The van der Waals surface area contributed by atoms with Crippen molar-refractivity contribution in [2.45, 2.75) is 72.5 Å². The summed E-state index contributed by atoms with van der Waals surface area (Å²) < 4.78 is 0. The van der Waals surface area contributed by atoms with E-state index in [4.69, 9.17) is 0 Å². The van der Waals surface area contributed by atoms with Crippen LogP contribution in [0.5, 0.6) is 0 Å². The Bertz CT molecular complexity index is 11500. The number of fused-ring (bicyclic) bond motifs is 7. The first-order valence-corrected chi connectivity index (χ1v) is 46.6. The van der Waals surface area contributed by atoms with Crippen LogP contribution in [0.15, 0.2) is 212 Å². The van der Waals surface area contributed by atoms with Crippen LogP contribution in [0.3, 0.4) is 0 Å². The summed E-state index contributed by atoms with van der Waals surface area (Å²) in [5.41, 5.74) is 32.2. The summed E-state index contributed by atoms with van der Waals surface area (Å²) in [6, 6.07) is 87.9. The summed E-state index contributed by atoms with van der Waals surface area (Å²) >= 11 is 0. The van der Waals surface area contributed by atoms with Crippen LogP contribution in [0.25, 0.3) is 277 Å². The standard InChI is InChI=1S/C70H34.C55H22.3Y.3Zn/c1-25-12-14-36-37(21-25)46-28-8-4-5-9-34(28)65(36)69-41-19-17-29-30-18-20-42-54-50(30)55-49(29)53(41)63-61-58(55)62-60-57-47-31(15-16-32-39(24-44(46)69)51(67(63)69)56(48(32)47)59(60)61)38-23-43-45-27-7-3-6-10-35(27)66(40-22-26(2)11-13-33(40)45)70(42,43)68(52(38)57)64(54)62;1-18-6-7-28-29(16-18)33-19-4-2-3-5-27(19)53(28)55-31-15-14-25-24-11-10-21-20-8-9-22-23-12-13-26-30(17-32(33)55)41-46-39(26)38(23)44-35(22)34(20)43-36(21)37(24)45-40(25)42(31)52(54(41)55)51-49(45)47(43)48(44)50(46)51;;;;;;/h3-24,43-46,65-66H,1-2H3;2-17,32-33,53H,1H3;;;;;;. The fraction of sp³-hybridized carbons (Fsp3) is 0.120. The molecular weight excluding hydrogens is 1960 g/mol. The fourth-order valence-corrected chi connectivity index (χ4v) is 38.0. The maximum Gasteiger partial charge on any atom is 0.0403 e. The van der Waals surface area contributed by atoms with Gasteiger partial charge in [-0.15, -0.1) is 0 Å². The molecule has 0 heterocycles. The maximum absolute atomic E-state index is 2.90. The largest absolute Gasteiger partial charge is 0.0707 e. The van der Waals surface area contributed by atoms with Crippen LogP contribution < -0.4 is 15.7 Å². The van der Waals surface area contributed by atoms with Crippen LogP contribution in [0.4, 0.5) is 0 Å². The summed E-state index contributed by atoms with van der Waals surface area (Å²) in [5, 5.41) is 79.5. The quantitative estimate of drug-likeness (QED) is 0.105. The molecular formula is C125H56Y3Zn3. The topological polar surface area (TPSA) is 0 Å². The number of benzene rings is 23. The van der Waals surface area contributed by atoms with Crippen LogP contribution >= 0.6 is 0 Å². The van der Waals surface area contributed by atoms with Gasteiger partial charge in [0.25, 0.3) is 0 Å². The molecule has 6 heteroatoms. The molecule has 0 amide bonds. The predicted octanol–water partition coefficient (Wildman–Crippen LogP) is 28.5. The van der Waals surface area contributed by atoms with E-state index < -0.39 is 0 Å². The summed E-state index contributed by atoms with van der Waals surface area (Å²) in [5.74, 6) is 2.49. The Hall–Kier alpha value is -9.12. The minimum atomic E-state index is -0.216. The molecule has 15 aliphatic rings. The Balaban J connectivity index is 0.000000110. The van der Waals surface area contributed by atoms with Gasteiger partial charge in [-0.05, 0) is 395 Å². The molecule has 3 spiro atoms. The zero-order valence-electron chi connectivity index (χ0n) is 71.5. The zero-order valence-corrected chi connectivity index (χ0v) is 88.9. The third-order valence-electron chi connectivity index (χ3n) is 40.3. The van der Waals surface area contributed by atoms with Gasteiger partial charge in [0.2, 0.25) is 0 Å². The fourth-order valence-electron chi connectivity index (χ4n) is 38.0. The van der Waals surface area contributed by atoms with E-state index in [0.717, 1.165) is 0 Å². The van der Waals surface area contributed by atoms with Gasteiger partial charge in [0.05, 0.1) is 0 Å². The second-order valence-electron chi connectivity index (χ2n) is 43.1. The van der Waals surface area contributed by atoms with E-state index in [1.807, 2.05) is 0 Å². The van der Waals surface area contributed by atoms with Crippen LogP contribution in [-0.4, -0.2) is 0 Å². The second kappa shape index (κ2) is 20.7. The van der Waals surface area contributed by atoms with Crippen molar-refractivity contribution >= 4 is 277 Å². The van der Waals surface area contributed by atoms with Crippen molar-refractivity contribution in [2.75, 3.05) is 0 Å². The molecule has 47 rings (SSSR count). The van der Waals surface area contributed by atoms with Crippen LogP contribution in [0.1, 0.15) is 152 Å². The van der Waals surface area contributed by atoms with Crippen molar-refractivity contribution in [3.63, 3.8) is 0 Å². The first-order chi connectivity index (χ1) is 61.9. The first-order valence-electron chi connectivity index (χ1n) is 46.6. The van der Waals surface area contributed by atoms with Crippen molar-refractivity contribution in [2.24, 2.45) is 17.8 Å². The van der Waals surface area contributed by atoms with Crippen molar-refractivity contribution in [3.05, 3.63) is 345 Å². The second-order valence-corrected chi connectivity index (χ2v) is 43.1. The van der Waals surface area contributed by atoms with Gasteiger partial charge in [-0.3, -0.25) is 0 Å². The summed E-state index contributed by atoms with van der Waals surface area (Å²) in [6.45, 7) is 6.94. The Kier molecular flexibility index (Phi) is 11.3. The normalized spacial score (nSPS) is 24.3. The van der Waals surface area contributed by atoms with Gasteiger partial charge >= 0.3 is 0 Å². The molecule has 12 unspecified atom stereocenters. The molecule has 12 atom stereocenters. The van der Waals surface area contributed by atoms with Crippen molar-refractivity contribution < 1.29 is 157 Å². The zero-order chi connectivity index (χ0) is 78.1. The van der Waals surface area contributed by atoms with E-state index in [2.05, 4.69) is 251 Å². The maximum atomic E-state index is 2.90. The summed E-state index contributed by atoms with van der Waals surface area (Å²) in [6.07, 6.45) is 8.65. The predicted molar refractivity (Wildman–Crippen MR) is 519 cm³/mol. The third kappa shape index (κ3) is 5.90. The SMILES string of the molecule is Cc1ccc2c(c1)C1c3ccccc3C2C23c4ccc5c6ccc7c8c9c%10c%11c(c%12ccc%13c(c%14c2c2c4c5c(c68)c4c2c2c%14c%13c%12c%11c2c94)=CC13)=CC1C2c3ccccc3C(c3cc(C)ccc32)C7%101.Cc1ccc2c(c1)C1c3ccccc3C2C23c4ccc5c6ccc7c8ccc9c%10ccc%11c(c%12c2c2c4c5c4c6c7c5c8c9c6c%10c%11c%12c7c2c4c5c67)=CC13.[Y].[Y].[Y].[Zn].[Zn].[Zn]. The van der Waals surface area contributed by atoms with Gasteiger partial charge in [0, 0.05) is 226 Å². The Morgan fingerprint density at radius 1 is 0.176 bits per heavy atom. The molecule has 6 bridgehead atoms. The van der Waals surface area contributed by atoms with E-state index in [1.165, 1.54) is 108 Å². The van der Waals surface area contributed by atoms with Gasteiger partial charge in [-0.2, -0.15) is 0 Å². The molecule has 0 aromatic heterocycles. The molecule has 0 N–H and O–H groups in total. The van der Waals surface area contributed by atoms with Crippen molar-refractivity contribution in [3.8, 4) is 0 Å². The molecule has 32 aromatic carbocycles. The van der Waals surface area contributed by atoms with Crippen molar-refractivity contribution in [1.29, 1.82) is 0 Å². The van der Waals surface area contributed by atoms with E-state index >= 15 is 0 Å². The van der Waals surface area contributed by atoms with Gasteiger partial charge in [-0.25, -0.2) is 0 Å². The number of hydrogen-bond acceptors (Lipinski definition) is 0. The number of aryl methyl sites for hydroxylation is 3. The minimum absolute atomic E-state index is 0. The van der Waals surface area contributed by atoms with Crippen LogP contribution in [0.2, 0.25) is 0 Å². The third-order valence-corrected chi connectivity index (χ3v) is 40.3. The smallest absolute Gasteiger partial charge is 0.0403 e. The molecule has 571 valence electrons. The minimum Gasteiger partial charge on any atom is -0.0707 e. The molecule has 0 nitrogen and oxygen atoms in total. The average Bonchev–Trinajstić information content (AvgIpc) is 1.42. The molecule has 3 radical (unpaired) electrons. The van der Waals surface area contributed by atoms with E-state index in [0.29, 0.717) is 23.7 Å². The molecule has 0 saturated carbocycles. The van der Waals surface area contributed by atoms with E-state index in [9.17, 15) is 0 Å². The van der Waals surface area contributed by atoms with Gasteiger partial charge in [0.15, 0.2) is 0 Å². The molecule has 131 heavy (non-hydrogen) atoms. The van der Waals surface area contributed by atoms with Gasteiger partial charge in [-0.1, -0.05) is 247 Å². The first kappa shape index (κ1) is 71.4. The van der Waals surface area contributed by atoms with Gasteiger partial charge in [0.1, 0.15) is 0 Å². The van der Waals surface area contributed by atoms with Crippen LogP contribution in [-0.2, 0) is 173 Å². The Morgan fingerprint density at radius 3 is 0.695 bits per heavy atom. The molecule has 0 aliphatic heterocycles. The molecule has 0 saturated heterocycles. The van der Waals surface area contributed by atoms with Crippen LogP contribution in [0, 0.1) is 38.5 Å². The monoisotopic (exact) mass is 2010 g/mol. The molecule has 15 aliphatic carbocycles. The molecule has 32 aromatic rings. The molecule has 0 fully saturated rings. The summed E-state index contributed by atoms with van der Waals surface area (Å²) in [4.78, 5) is 0. The Labute approximate surface area is 857 Å². The summed E-state index contributed by atoms with van der Waals surface area (Å²) in [7, 11) is 0.